The van der Waals surface area contributed by atoms with Gasteiger partial charge in [0.2, 0.25) is 17.7 Å². The monoisotopic (exact) mass is 490 g/mol. The van der Waals surface area contributed by atoms with Crippen LogP contribution in [0, 0.1) is 0 Å². The molecule has 14 nitrogen and oxygen atoms in total. The van der Waals surface area contributed by atoms with Crippen LogP contribution >= 0.6 is 0 Å². The number of aromatic hydroxyl groups is 1. The van der Waals surface area contributed by atoms with Crippen LogP contribution in [0.1, 0.15) is 17.7 Å². The summed E-state index contributed by atoms with van der Waals surface area (Å²) in [5.74, 6) is -5.40. The molecule has 0 aliphatic rings. The molecule has 9 N–H and O–H groups in total. The first-order valence-electron chi connectivity index (χ1n) is 10.4. The summed E-state index contributed by atoms with van der Waals surface area (Å²) in [6.07, 6.45) is 1.81. The molecule has 3 atom stereocenters. The second kappa shape index (κ2) is 12.7. The molecule has 0 spiro atoms. The van der Waals surface area contributed by atoms with Crippen LogP contribution in [0.25, 0.3) is 0 Å². The number of aromatic nitrogens is 2. The summed E-state index contributed by atoms with van der Waals surface area (Å²) in [4.78, 5) is 66.8. The van der Waals surface area contributed by atoms with Gasteiger partial charge in [-0.1, -0.05) is 12.1 Å². The number of carbonyl (C=O) groups excluding carboxylic acids is 3. The molecule has 1 aromatic carbocycles. The van der Waals surface area contributed by atoms with Crippen molar-refractivity contribution in [2.45, 2.75) is 37.4 Å². The zero-order valence-corrected chi connectivity index (χ0v) is 18.4. The number of aromatic amines is 1. The molecule has 0 saturated carbocycles. The van der Waals surface area contributed by atoms with E-state index in [4.69, 9.17) is 10.8 Å². The van der Waals surface area contributed by atoms with Gasteiger partial charge in [-0.3, -0.25) is 19.2 Å². The van der Waals surface area contributed by atoms with Crippen LogP contribution in [0.2, 0.25) is 0 Å². The van der Waals surface area contributed by atoms with E-state index in [2.05, 4.69) is 25.9 Å². The fraction of sp³-hybridized carbons (Fsp3) is 0.333. The average Bonchev–Trinajstić information content (AvgIpc) is 3.31. The Morgan fingerprint density at radius 3 is 2.03 bits per heavy atom. The fourth-order valence-electron chi connectivity index (χ4n) is 3.08. The lowest BCUT2D eigenvalue weighted by molar-refractivity contribution is -0.147. The van der Waals surface area contributed by atoms with Gasteiger partial charge >= 0.3 is 11.9 Å². The molecule has 0 aliphatic heterocycles. The smallest absolute Gasteiger partial charge is 0.326 e. The summed E-state index contributed by atoms with van der Waals surface area (Å²) in [6.45, 7) is -0.389. The van der Waals surface area contributed by atoms with Gasteiger partial charge in [0, 0.05) is 24.7 Å². The van der Waals surface area contributed by atoms with Gasteiger partial charge in [0.15, 0.2) is 0 Å². The van der Waals surface area contributed by atoms with E-state index in [1.54, 1.807) is 0 Å². The summed E-state index contributed by atoms with van der Waals surface area (Å²) in [7, 11) is 0. The molecule has 188 valence electrons. The van der Waals surface area contributed by atoms with Crippen molar-refractivity contribution in [1.29, 1.82) is 0 Å². The highest BCUT2D eigenvalue weighted by Crippen LogP contribution is 2.12. The predicted molar refractivity (Wildman–Crippen MR) is 119 cm³/mol. The molecule has 2 aromatic rings. The second-order valence-corrected chi connectivity index (χ2v) is 7.53. The third-order valence-electron chi connectivity index (χ3n) is 4.82. The number of benzene rings is 1. The van der Waals surface area contributed by atoms with Crippen molar-refractivity contribution < 1.29 is 39.3 Å². The van der Waals surface area contributed by atoms with Crippen LogP contribution in [0.4, 0.5) is 0 Å². The van der Waals surface area contributed by atoms with Crippen molar-refractivity contribution in [3.8, 4) is 5.75 Å². The lowest BCUT2D eigenvalue weighted by Gasteiger charge is -2.24. The SMILES string of the molecule is NCC(=O)NC(Cc1cnc[nH]1)C(=O)NC(Cc1ccc(O)cc1)C(=O)NC(CC(=O)O)C(=O)O. The average molecular weight is 490 g/mol. The van der Waals surface area contributed by atoms with Gasteiger partial charge in [-0.2, -0.15) is 0 Å². The van der Waals surface area contributed by atoms with Gasteiger partial charge in [-0.25, -0.2) is 9.78 Å². The number of aliphatic carboxylic acids is 2. The number of imidazole rings is 1. The van der Waals surface area contributed by atoms with Crippen LogP contribution in [0.5, 0.6) is 5.75 Å². The molecule has 14 heteroatoms. The zero-order chi connectivity index (χ0) is 26.0. The Balaban J connectivity index is 2.26. The van der Waals surface area contributed by atoms with E-state index < -0.39 is 54.2 Å². The van der Waals surface area contributed by atoms with E-state index in [9.17, 15) is 34.2 Å². The first kappa shape index (κ1) is 26.8. The molecule has 1 heterocycles. The molecule has 3 unspecified atom stereocenters. The number of carboxylic acids is 2. The highest BCUT2D eigenvalue weighted by Gasteiger charge is 2.31. The minimum absolute atomic E-state index is 0.0120. The van der Waals surface area contributed by atoms with E-state index >= 15 is 0 Å². The Morgan fingerprint density at radius 2 is 1.51 bits per heavy atom. The summed E-state index contributed by atoms with van der Waals surface area (Å²) in [5.41, 5.74) is 6.34. The van der Waals surface area contributed by atoms with Crippen LogP contribution in [0.3, 0.4) is 0 Å². The topological polar surface area (TPSA) is 237 Å². The maximum atomic E-state index is 13.0. The second-order valence-electron chi connectivity index (χ2n) is 7.53. The van der Waals surface area contributed by atoms with E-state index in [0.717, 1.165) is 0 Å². The zero-order valence-electron chi connectivity index (χ0n) is 18.4. The number of phenols is 1. The molecular weight excluding hydrogens is 464 g/mol. The van der Waals surface area contributed by atoms with Gasteiger partial charge in [-0.05, 0) is 17.7 Å². The molecule has 0 fully saturated rings. The molecule has 1 aromatic heterocycles. The summed E-state index contributed by atoms with van der Waals surface area (Å²) < 4.78 is 0. The number of H-pyrrole nitrogens is 1. The molecule has 3 amide bonds. The van der Waals surface area contributed by atoms with Gasteiger partial charge < -0.3 is 42.0 Å². The van der Waals surface area contributed by atoms with Crippen LogP contribution < -0.4 is 21.7 Å². The largest absolute Gasteiger partial charge is 0.508 e. The summed E-state index contributed by atoms with van der Waals surface area (Å²) in [6, 6.07) is 1.46. The van der Waals surface area contributed by atoms with Crippen molar-refractivity contribution in [2.75, 3.05) is 6.54 Å². The fourth-order valence-corrected chi connectivity index (χ4v) is 3.08. The lowest BCUT2D eigenvalue weighted by atomic mass is 10.0. The van der Waals surface area contributed by atoms with Crippen molar-refractivity contribution in [2.24, 2.45) is 5.73 Å². The standard InChI is InChI=1S/C21H26N6O8/c22-8-17(29)25-15(6-12-9-23-10-24-12)20(33)26-14(5-11-1-3-13(28)4-2-11)19(32)27-16(21(34)35)7-18(30)31/h1-4,9-10,14-16,28H,5-8,22H2,(H,23,24)(H,25,29)(H,26,33)(H,27,32)(H,30,31)(H,34,35). The van der Waals surface area contributed by atoms with E-state index in [1.165, 1.54) is 36.8 Å². The van der Waals surface area contributed by atoms with Crippen LogP contribution in [0.15, 0.2) is 36.8 Å². The molecule has 0 saturated heterocycles. The number of carboxylic acid groups (broad SMARTS) is 2. The Hall–Kier alpha value is -4.46. The molecule has 0 radical (unpaired) electrons. The number of nitrogens with one attached hydrogen (secondary N) is 4. The van der Waals surface area contributed by atoms with Crippen LogP contribution in [-0.4, -0.2) is 79.6 Å². The third kappa shape index (κ3) is 8.77. The Kier molecular flexibility index (Phi) is 9.71. The van der Waals surface area contributed by atoms with Gasteiger partial charge in [-0.15, -0.1) is 0 Å². The minimum atomic E-state index is -1.74. The molecule has 35 heavy (non-hydrogen) atoms. The molecule has 2 rings (SSSR count). The van der Waals surface area contributed by atoms with Crippen molar-refractivity contribution in [3.63, 3.8) is 0 Å². The Morgan fingerprint density at radius 1 is 0.914 bits per heavy atom. The maximum Gasteiger partial charge on any atom is 0.326 e. The maximum absolute atomic E-state index is 13.0. The van der Waals surface area contributed by atoms with Crippen molar-refractivity contribution >= 4 is 29.7 Å². The summed E-state index contributed by atoms with van der Waals surface area (Å²) in [5, 5.41) is 34.7. The number of nitrogens with two attached hydrogens (primary N) is 1. The van der Waals surface area contributed by atoms with Gasteiger partial charge in [0.05, 0.1) is 19.3 Å². The number of hydrogen-bond acceptors (Lipinski definition) is 8. The molecule has 0 aliphatic carbocycles. The normalized spacial score (nSPS) is 13.2. The summed E-state index contributed by atoms with van der Waals surface area (Å²) >= 11 is 0. The first-order valence-corrected chi connectivity index (χ1v) is 10.4. The number of amides is 3. The number of phenolic OH excluding ortho intramolecular Hbond substituents is 1. The number of carbonyl (C=O) groups is 5. The lowest BCUT2D eigenvalue weighted by Crippen LogP contribution is -2.57. The number of nitrogens with zero attached hydrogens (tertiary/aromatic N) is 1. The molecular formula is C21H26N6O8. The van der Waals surface area contributed by atoms with Gasteiger partial charge in [0.1, 0.15) is 23.9 Å². The molecule has 0 bridgehead atoms. The first-order chi connectivity index (χ1) is 16.6. The van der Waals surface area contributed by atoms with Crippen LogP contribution in [-0.2, 0) is 36.8 Å². The Labute approximate surface area is 198 Å². The van der Waals surface area contributed by atoms with Gasteiger partial charge in [0.25, 0.3) is 0 Å². The van der Waals surface area contributed by atoms with Crippen molar-refractivity contribution in [1.82, 2.24) is 25.9 Å². The van der Waals surface area contributed by atoms with E-state index in [1.807, 2.05) is 0 Å². The van der Waals surface area contributed by atoms with Crippen molar-refractivity contribution in [3.05, 3.63) is 48.0 Å². The minimum Gasteiger partial charge on any atom is -0.508 e. The number of rotatable bonds is 13. The highest BCUT2D eigenvalue weighted by atomic mass is 16.4. The Bertz CT molecular complexity index is 1040. The highest BCUT2D eigenvalue weighted by molar-refractivity contribution is 5.94. The predicted octanol–water partition coefficient (Wildman–Crippen LogP) is -2.13. The third-order valence-corrected chi connectivity index (χ3v) is 4.82. The van der Waals surface area contributed by atoms with E-state index in [-0.39, 0.29) is 25.1 Å². The quantitative estimate of drug-likeness (QED) is 0.152. The number of hydrogen-bond donors (Lipinski definition) is 8. The van der Waals surface area contributed by atoms with E-state index in [0.29, 0.717) is 11.3 Å².